The Labute approximate surface area is 172 Å². The molecular weight excluding hydrogens is 384 g/mol. The lowest BCUT2D eigenvalue weighted by Crippen LogP contribution is -2.47. The lowest BCUT2D eigenvalue weighted by atomic mass is 10.2. The molecule has 1 saturated heterocycles. The van der Waals surface area contributed by atoms with Gasteiger partial charge >= 0.3 is 0 Å². The molecule has 1 aromatic carbocycles. The van der Waals surface area contributed by atoms with Gasteiger partial charge in [0.15, 0.2) is 0 Å². The number of aliphatic hydroxyl groups is 1. The second-order valence-electron chi connectivity index (χ2n) is 7.27. The van der Waals surface area contributed by atoms with E-state index in [-0.39, 0.29) is 22.6 Å². The van der Waals surface area contributed by atoms with Crippen molar-refractivity contribution >= 4 is 16.7 Å². The van der Waals surface area contributed by atoms with Crippen LogP contribution < -0.4 is 10.5 Å². The molecule has 9 nitrogen and oxygen atoms in total. The topological polar surface area (TPSA) is 129 Å². The van der Waals surface area contributed by atoms with Crippen LogP contribution in [-0.4, -0.2) is 62.8 Å². The molecule has 1 unspecified atom stereocenters. The lowest BCUT2D eigenvalue weighted by Gasteiger charge is -2.35. The highest BCUT2D eigenvalue weighted by atomic mass is 16.3. The van der Waals surface area contributed by atoms with Crippen molar-refractivity contribution in [1.29, 1.82) is 5.26 Å². The quantitative estimate of drug-likeness (QED) is 0.575. The number of aromatic amines is 1. The summed E-state index contributed by atoms with van der Waals surface area (Å²) >= 11 is 0. The molecule has 0 amide bonds. The predicted octanol–water partition coefficient (Wildman–Crippen LogP) is 1.14. The zero-order valence-electron chi connectivity index (χ0n) is 16.3. The van der Waals surface area contributed by atoms with Crippen molar-refractivity contribution in [2.75, 3.05) is 37.6 Å². The first-order chi connectivity index (χ1) is 14.5. The number of piperazine rings is 1. The van der Waals surface area contributed by atoms with Crippen molar-refractivity contribution < 1.29 is 10.2 Å². The Bertz CT molecular complexity index is 1130. The van der Waals surface area contributed by atoms with E-state index in [2.05, 4.69) is 30.8 Å². The van der Waals surface area contributed by atoms with Crippen LogP contribution in [0.2, 0.25) is 0 Å². The molecule has 30 heavy (non-hydrogen) atoms. The molecule has 3 heterocycles. The first kappa shape index (κ1) is 19.8. The number of rotatable bonds is 5. The highest BCUT2D eigenvalue weighted by Gasteiger charge is 2.20. The van der Waals surface area contributed by atoms with Gasteiger partial charge in [0.2, 0.25) is 0 Å². The maximum absolute atomic E-state index is 12.2. The van der Waals surface area contributed by atoms with Crippen molar-refractivity contribution in [2.45, 2.75) is 12.5 Å². The summed E-state index contributed by atoms with van der Waals surface area (Å²) < 4.78 is 0. The molecule has 0 radical (unpaired) electrons. The van der Waals surface area contributed by atoms with Crippen LogP contribution in [0.25, 0.3) is 10.9 Å². The van der Waals surface area contributed by atoms with Crippen LogP contribution in [0.15, 0.2) is 41.3 Å². The number of para-hydroxylation sites is 1. The summed E-state index contributed by atoms with van der Waals surface area (Å²) in [6, 6.07) is 10.3. The fraction of sp³-hybridized carbons (Fsp3) is 0.333. The van der Waals surface area contributed by atoms with Crippen LogP contribution in [-0.2, 0) is 0 Å². The van der Waals surface area contributed by atoms with Gasteiger partial charge in [0.1, 0.15) is 35.1 Å². The number of anilines is 1. The number of nitrogens with zero attached hydrogens (tertiary/aromatic N) is 5. The predicted molar refractivity (Wildman–Crippen MR) is 111 cm³/mol. The Morgan fingerprint density at radius 3 is 2.70 bits per heavy atom. The summed E-state index contributed by atoms with van der Waals surface area (Å²) in [5, 5.41) is 29.6. The van der Waals surface area contributed by atoms with Crippen molar-refractivity contribution in [3.05, 3.63) is 58.3 Å². The van der Waals surface area contributed by atoms with Gasteiger partial charge in [-0.3, -0.25) is 9.69 Å². The molecule has 1 atom stereocenters. The van der Waals surface area contributed by atoms with Crippen molar-refractivity contribution in [2.24, 2.45) is 0 Å². The summed E-state index contributed by atoms with van der Waals surface area (Å²) in [4.78, 5) is 27.8. The Morgan fingerprint density at radius 2 is 2.00 bits per heavy atom. The minimum atomic E-state index is -0.931. The molecule has 1 fully saturated rings. The van der Waals surface area contributed by atoms with Crippen LogP contribution in [0.1, 0.15) is 23.9 Å². The highest BCUT2D eigenvalue weighted by molar-refractivity contribution is 5.83. The number of pyridine rings is 1. The number of benzene rings is 1. The van der Waals surface area contributed by atoms with Gasteiger partial charge in [-0.2, -0.15) is 5.26 Å². The maximum atomic E-state index is 12.2. The maximum Gasteiger partial charge on any atom is 0.258 e. The van der Waals surface area contributed by atoms with E-state index in [9.17, 15) is 15.0 Å². The normalized spacial score (nSPS) is 15.8. The molecule has 1 aliphatic rings. The summed E-state index contributed by atoms with van der Waals surface area (Å²) in [6.07, 6.45) is 1.06. The number of nitrogens with one attached hydrogen (secondary N) is 1. The van der Waals surface area contributed by atoms with Gasteiger partial charge in [-0.25, -0.2) is 9.97 Å². The van der Waals surface area contributed by atoms with E-state index in [0.717, 1.165) is 32.0 Å². The molecule has 1 aliphatic heterocycles. The zero-order valence-corrected chi connectivity index (χ0v) is 16.3. The Hall–Kier alpha value is -3.48. The Kier molecular flexibility index (Phi) is 5.61. The smallest absolute Gasteiger partial charge is 0.258 e. The van der Waals surface area contributed by atoms with Crippen LogP contribution in [0.4, 0.5) is 5.82 Å². The number of hydrogen-bond donors (Lipinski definition) is 3. The van der Waals surface area contributed by atoms with Gasteiger partial charge in [-0.15, -0.1) is 0 Å². The number of H-pyrrole nitrogens is 1. The first-order valence-electron chi connectivity index (χ1n) is 9.78. The van der Waals surface area contributed by atoms with E-state index in [1.165, 1.54) is 6.07 Å². The van der Waals surface area contributed by atoms with E-state index in [4.69, 9.17) is 5.26 Å². The fourth-order valence-corrected chi connectivity index (χ4v) is 3.60. The molecular formula is C21H22N6O3. The van der Waals surface area contributed by atoms with E-state index >= 15 is 0 Å². The van der Waals surface area contributed by atoms with Crippen molar-refractivity contribution in [3.63, 3.8) is 0 Å². The molecule has 3 N–H and O–H groups in total. The number of hydrogen-bond acceptors (Lipinski definition) is 8. The average Bonchev–Trinajstić information content (AvgIpc) is 2.78. The van der Waals surface area contributed by atoms with E-state index in [1.807, 2.05) is 6.07 Å². The number of phenolic OH excluding ortho intramolecular Hbond substituents is 1. The number of aliphatic hydroxyl groups excluding tert-OH is 1. The number of aromatic hydroxyl groups is 1. The van der Waals surface area contributed by atoms with Gasteiger partial charge < -0.3 is 20.1 Å². The fourth-order valence-electron chi connectivity index (χ4n) is 3.60. The molecule has 3 aromatic rings. The highest BCUT2D eigenvalue weighted by Crippen LogP contribution is 2.22. The monoisotopic (exact) mass is 406 g/mol. The first-order valence-corrected chi connectivity index (χ1v) is 9.78. The second-order valence-corrected chi connectivity index (χ2v) is 7.27. The van der Waals surface area contributed by atoms with Crippen molar-refractivity contribution in [1.82, 2.24) is 19.9 Å². The third kappa shape index (κ3) is 4.10. The lowest BCUT2D eigenvalue weighted by molar-refractivity contribution is 0.132. The molecule has 154 valence electrons. The molecule has 9 heteroatoms. The minimum Gasteiger partial charge on any atom is -0.506 e. The number of aromatic nitrogens is 3. The van der Waals surface area contributed by atoms with Crippen LogP contribution in [0, 0.1) is 11.3 Å². The van der Waals surface area contributed by atoms with Gasteiger partial charge in [0.25, 0.3) is 5.56 Å². The summed E-state index contributed by atoms with van der Waals surface area (Å²) in [5.41, 5.74) is 0.354. The SMILES string of the molecule is N#Cc1ccc(N2CCN(CCC(O)c3nc4c(O)cccc4c(=O)[nH]3)CC2)nc1. The average molecular weight is 406 g/mol. The van der Waals surface area contributed by atoms with Crippen LogP contribution in [0.3, 0.4) is 0 Å². The van der Waals surface area contributed by atoms with Gasteiger partial charge in [0.05, 0.1) is 10.9 Å². The van der Waals surface area contributed by atoms with Gasteiger partial charge in [-0.1, -0.05) is 6.07 Å². The van der Waals surface area contributed by atoms with Gasteiger partial charge in [-0.05, 0) is 30.7 Å². The van der Waals surface area contributed by atoms with Crippen LogP contribution >= 0.6 is 0 Å². The standard InChI is InChI=1S/C21H22N6O3/c22-12-14-4-5-18(23-13-14)27-10-8-26(9-11-27)7-6-17(29)20-24-19-15(21(30)25-20)2-1-3-16(19)28/h1-5,13,17,28-29H,6-11H2,(H,24,25,30). The number of phenols is 1. The molecule has 0 bridgehead atoms. The third-order valence-corrected chi connectivity index (χ3v) is 5.34. The minimum absolute atomic E-state index is 0.0837. The van der Waals surface area contributed by atoms with Crippen LogP contribution in [0.5, 0.6) is 5.75 Å². The van der Waals surface area contributed by atoms with Crippen molar-refractivity contribution in [3.8, 4) is 11.8 Å². The van der Waals surface area contributed by atoms with E-state index in [1.54, 1.807) is 24.4 Å². The van der Waals surface area contributed by atoms with Gasteiger partial charge in [0, 0.05) is 38.9 Å². The van der Waals surface area contributed by atoms with E-state index < -0.39 is 6.10 Å². The molecule has 2 aromatic heterocycles. The summed E-state index contributed by atoms with van der Waals surface area (Å²) in [6.45, 7) is 3.88. The number of fused-ring (bicyclic) bond motifs is 1. The summed E-state index contributed by atoms with van der Waals surface area (Å²) in [5.74, 6) is 0.931. The Balaban J connectivity index is 1.34. The third-order valence-electron chi connectivity index (χ3n) is 5.34. The molecule has 0 saturated carbocycles. The second kappa shape index (κ2) is 8.49. The largest absolute Gasteiger partial charge is 0.506 e. The summed E-state index contributed by atoms with van der Waals surface area (Å²) in [7, 11) is 0. The molecule has 4 rings (SSSR count). The van der Waals surface area contributed by atoms with E-state index in [0.29, 0.717) is 23.9 Å². The molecule has 0 spiro atoms. The molecule has 0 aliphatic carbocycles. The zero-order chi connectivity index (χ0) is 21.1. The Morgan fingerprint density at radius 1 is 1.20 bits per heavy atom. The number of nitriles is 1.